The third-order valence-electron chi connectivity index (χ3n) is 5.72. The number of hydrogen-bond acceptors (Lipinski definition) is 6. The lowest BCUT2D eigenvalue weighted by atomic mass is 9.85. The maximum atomic E-state index is 11.6. The fraction of sp³-hybridized carbons (Fsp3) is 0.417. The molecule has 0 aromatic carbocycles. The van der Waals surface area contributed by atoms with Crippen molar-refractivity contribution in [3.63, 3.8) is 0 Å². The van der Waals surface area contributed by atoms with Gasteiger partial charge in [-0.3, -0.25) is 4.99 Å². The van der Waals surface area contributed by atoms with Gasteiger partial charge in [-0.25, -0.2) is 4.79 Å². The van der Waals surface area contributed by atoms with Crippen molar-refractivity contribution >= 4 is 12.2 Å². The molecule has 0 heterocycles. The average molecular weight is 426 g/mol. The lowest BCUT2D eigenvalue weighted by Crippen LogP contribution is -2.40. The van der Waals surface area contributed by atoms with Crippen LogP contribution in [0.5, 0.6) is 0 Å². The highest BCUT2D eigenvalue weighted by atomic mass is 16.4. The zero-order chi connectivity index (χ0) is 22.2. The molecule has 6 N–H and O–H groups in total. The minimum atomic E-state index is -1.04. The Balaban J connectivity index is 1.71. The Morgan fingerprint density at radius 2 is 2.16 bits per heavy atom. The van der Waals surface area contributed by atoms with E-state index in [1.54, 1.807) is 24.4 Å². The molecular weight excluding hydrogens is 394 g/mol. The Labute approximate surface area is 182 Å². The van der Waals surface area contributed by atoms with Gasteiger partial charge >= 0.3 is 5.97 Å². The van der Waals surface area contributed by atoms with Crippen LogP contribution >= 0.6 is 0 Å². The van der Waals surface area contributed by atoms with Gasteiger partial charge in [0.25, 0.3) is 0 Å². The molecular formula is C24H31N3O4. The zero-order valence-electron chi connectivity index (χ0n) is 17.5. The SMILES string of the molecule is NC/C=C\NC1C=CC(C(O)C=NC2=CC(C3=CCCC=C3)CC=C2C(=O)O)C(O)C1. The molecule has 0 fully saturated rings. The first-order valence-electron chi connectivity index (χ1n) is 10.7. The van der Waals surface area contributed by atoms with Crippen LogP contribution in [0.4, 0.5) is 0 Å². The molecule has 7 heteroatoms. The molecule has 0 spiro atoms. The molecule has 7 nitrogen and oxygen atoms in total. The van der Waals surface area contributed by atoms with Gasteiger partial charge in [-0.2, -0.15) is 0 Å². The Hall–Kier alpha value is -2.74. The molecule has 5 atom stereocenters. The number of nitrogens with two attached hydrogens (primary N) is 1. The van der Waals surface area contributed by atoms with Gasteiger partial charge < -0.3 is 26.4 Å². The van der Waals surface area contributed by atoms with E-state index in [0.717, 1.165) is 18.4 Å². The summed E-state index contributed by atoms with van der Waals surface area (Å²) in [6.07, 6.45) is 19.7. The Kier molecular flexibility index (Phi) is 8.17. The standard InChI is InChI=1S/C24H31N3O4/c25-11-4-12-26-18-8-10-20(22(28)14-18)23(29)15-27-21-13-17(7-9-19(21)24(30)31)16-5-2-1-3-6-16/h2,4-6,8-10,12-13,15,17-18,20,22-23,26,28-29H,1,3,7,11,14,25H2,(H,30,31)/b12-4-,27-15?. The summed E-state index contributed by atoms with van der Waals surface area (Å²) in [5.41, 5.74) is 7.05. The molecule has 5 unspecified atom stereocenters. The normalized spacial score (nSPS) is 29.6. The highest BCUT2D eigenvalue weighted by molar-refractivity contribution is 5.92. The van der Waals surface area contributed by atoms with Gasteiger partial charge in [-0.15, -0.1) is 0 Å². The quantitative estimate of drug-likeness (QED) is 0.299. The summed E-state index contributed by atoms with van der Waals surface area (Å²) in [7, 11) is 0. The smallest absolute Gasteiger partial charge is 0.337 e. The zero-order valence-corrected chi connectivity index (χ0v) is 17.5. The molecule has 31 heavy (non-hydrogen) atoms. The summed E-state index contributed by atoms with van der Waals surface area (Å²) in [5.74, 6) is -1.49. The Morgan fingerprint density at radius 1 is 1.32 bits per heavy atom. The highest BCUT2D eigenvalue weighted by Gasteiger charge is 2.29. The molecule has 3 aliphatic rings. The Bertz CT molecular complexity index is 866. The van der Waals surface area contributed by atoms with Crippen molar-refractivity contribution < 1.29 is 20.1 Å². The molecule has 3 aliphatic carbocycles. The molecule has 0 saturated heterocycles. The molecule has 0 aromatic heterocycles. The van der Waals surface area contributed by atoms with Gasteiger partial charge in [-0.1, -0.05) is 48.6 Å². The summed E-state index contributed by atoms with van der Waals surface area (Å²) >= 11 is 0. The molecule has 0 aliphatic heterocycles. The van der Waals surface area contributed by atoms with Crippen molar-refractivity contribution in [2.45, 2.75) is 43.9 Å². The molecule has 0 saturated carbocycles. The predicted molar refractivity (Wildman–Crippen MR) is 121 cm³/mol. The summed E-state index contributed by atoms with van der Waals surface area (Å²) in [4.78, 5) is 16.0. The number of carbonyl (C=O) groups is 1. The van der Waals surface area contributed by atoms with Crippen LogP contribution in [0.15, 0.2) is 76.6 Å². The molecule has 0 amide bonds. The largest absolute Gasteiger partial charge is 0.478 e. The predicted octanol–water partition coefficient (Wildman–Crippen LogP) is 1.98. The number of aliphatic carboxylic acids is 1. The van der Waals surface area contributed by atoms with Crippen molar-refractivity contribution in [1.29, 1.82) is 0 Å². The minimum absolute atomic E-state index is 0.0432. The van der Waals surface area contributed by atoms with E-state index < -0.39 is 24.1 Å². The monoisotopic (exact) mass is 425 g/mol. The van der Waals surface area contributed by atoms with Crippen LogP contribution in [0.25, 0.3) is 0 Å². The first kappa shape index (κ1) is 22.9. The van der Waals surface area contributed by atoms with Crippen molar-refractivity contribution in [1.82, 2.24) is 5.32 Å². The topological polar surface area (TPSA) is 128 Å². The van der Waals surface area contributed by atoms with Crippen LogP contribution in [-0.4, -0.2) is 52.3 Å². The maximum Gasteiger partial charge on any atom is 0.337 e. The maximum absolute atomic E-state index is 11.6. The molecule has 166 valence electrons. The number of allylic oxidation sites excluding steroid dienone is 6. The van der Waals surface area contributed by atoms with Gasteiger partial charge in [0.05, 0.1) is 23.5 Å². The third kappa shape index (κ3) is 6.13. The number of aliphatic imine (C=N–C) groups is 1. The van der Waals surface area contributed by atoms with E-state index in [-0.39, 0.29) is 17.5 Å². The lowest BCUT2D eigenvalue weighted by Gasteiger charge is -2.30. The molecule has 3 rings (SSSR count). The van der Waals surface area contributed by atoms with Crippen molar-refractivity contribution in [2.75, 3.05) is 6.54 Å². The van der Waals surface area contributed by atoms with Crippen LogP contribution in [0.2, 0.25) is 0 Å². The van der Waals surface area contributed by atoms with Crippen molar-refractivity contribution in [3.05, 3.63) is 71.7 Å². The average Bonchev–Trinajstić information content (AvgIpc) is 2.78. The molecule has 0 aromatic rings. The van der Waals surface area contributed by atoms with Gasteiger partial charge in [0.15, 0.2) is 0 Å². The first-order valence-corrected chi connectivity index (χ1v) is 10.7. The lowest BCUT2D eigenvalue weighted by molar-refractivity contribution is -0.132. The van der Waals surface area contributed by atoms with Gasteiger partial charge in [0.1, 0.15) is 0 Å². The van der Waals surface area contributed by atoms with Crippen LogP contribution < -0.4 is 11.1 Å². The van der Waals surface area contributed by atoms with Crippen LogP contribution in [0, 0.1) is 11.8 Å². The van der Waals surface area contributed by atoms with Crippen LogP contribution in [-0.2, 0) is 4.79 Å². The molecule has 0 radical (unpaired) electrons. The summed E-state index contributed by atoms with van der Waals surface area (Å²) in [6.45, 7) is 0.431. The van der Waals surface area contributed by atoms with E-state index in [0.29, 0.717) is 25.1 Å². The number of aliphatic hydroxyl groups is 2. The van der Waals surface area contributed by atoms with E-state index in [1.165, 1.54) is 6.21 Å². The number of carboxylic acids is 1. The van der Waals surface area contributed by atoms with E-state index in [1.807, 2.05) is 12.2 Å². The summed E-state index contributed by atoms with van der Waals surface area (Å²) in [6, 6.07) is -0.0432. The number of aliphatic hydroxyl groups excluding tert-OH is 2. The highest BCUT2D eigenvalue weighted by Crippen LogP contribution is 2.31. The van der Waals surface area contributed by atoms with Crippen LogP contribution in [0.1, 0.15) is 25.7 Å². The van der Waals surface area contributed by atoms with E-state index in [9.17, 15) is 20.1 Å². The van der Waals surface area contributed by atoms with E-state index in [2.05, 4.69) is 28.5 Å². The summed E-state index contributed by atoms with van der Waals surface area (Å²) < 4.78 is 0. The minimum Gasteiger partial charge on any atom is -0.478 e. The van der Waals surface area contributed by atoms with Gasteiger partial charge in [0.2, 0.25) is 0 Å². The summed E-state index contributed by atoms with van der Waals surface area (Å²) in [5, 5.41) is 33.7. The van der Waals surface area contributed by atoms with E-state index in [4.69, 9.17) is 5.73 Å². The number of carboxylic acid groups (broad SMARTS) is 1. The van der Waals surface area contributed by atoms with Gasteiger partial charge in [-0.05, 0) is 37.5 Å². The third-order valence-corrected chi connectivity index (χ3v) is 5.72. The van der Waals surface area contributed by atoms with Crippen LogP contribution in [0.3, 0.4) is 0 Å². The van der Waals surface area contributed by atoms with Gasteiger partial charge in [0, 0.05) is 30.6 Å². The second-order valence-corrected chi connectivity index (χ2v) is 7.95. The number of rotatable bonds is 8. The second kappa shape index (κ2) is 11.0. The molecule has 0 bridgehead atoms. The number of nitrogens with one attached hydrogen (secondary N) is 1. The van der Waals surface area contributed by atoms with E-state index >= 15 is 0 Å². The second-order valence-electron chi connectivity index (χ2n) is 7.95. The number of hydrogen-bond donors (Lipinski definition) is 5. The fourth-order valence-electron chi connectivity index (χ4n) is 4.02. The first-order chi connectivity index (χ1) is 15.0. The van der Waals surface area contributed by atoms with Crippen molar-refractivity contribution in [2.24, 2.45) is 22.6 Å². The fourth-order valence-corrected chi connectivity index (χ4v) is 4.02. The number of nitrogens with zero attached hydrogens (tertiary/aromatic N) is 1. The Morgan fingerprint density at radius 3 is 2.84 bits per heavy atom. The van der Waals surface area contributed by atoms with Crippen molar-refractivity contribution in [3.8, 4) is 0 Å².